The highest BCUT2D eigenvalue weighted by Gasteiger charge is 2.19. The molecule has 0 aromatic heterocycles. The van der Waals surface area contributed by atoms with E-state index in [0.717, 1.165) is 32.6 Å². The molecule has 0 spiro atoms. The van der Waals surface area contributed by atoms with Crippen LogP contribution in [-0.4, -0.2) is 44.2 Å². The van der Waals surface area contributed by atoms with Crippen molar-refractivity contribution in [3.8, 4) is 0 Å². The van der Waals surface area contributed by atoms with Crippen molar-refractivity contribution in [2.75, 3.05) is 33.2 Å². The van der Waals surface area contributed by atoms with Gasteiger partial charge in [-0.1, -0.05) is 6.92 Å². The molecule has 1 aliphatic rings. The molecule has 1 saturated heterocycles. The predicted molar refractivity (Wildman–Crippen MR) is 57.3 cm³/mol. The lowest BCUT2D eigenvalue weighted by Crippen LogP contribution is -2.38. The second-order valence-electron chi connectivity index (χ2n) is 4.05. The van der Waals surface area contributed by atoms with Gasteiger partial charge in [-0.25, -0.2) is 4.79 Å². The topological polar surface area (TPSA) is 44.4 Å². The molecule has 1 aliphatic heterocycles. The summed E-state index contributed by atoms with van der Waals surface area (Å²) in [6, 6.07) is -0.0265. The molecule has 0 aliphatic carbocycles. The molecule has 1 atom stereocenters. The normalized spacial score (nSPS) is 22.3. The third kappa shape index (κ3) is 3.96. The number of nitrogens with one attached hydrogen (secondary N) is 2. The fourth-order valence-electron chi connectivity index (χ4n) is 1.73. The van der Waals surface area contributed by atoms with Crippen LogP contribution in [-0.2, 0) is 0 Å². The Bertz CT molecular complexity index is 184. The van der Waals surface area contributed by atoms with Crippen LogP contribution in [0.1, 0.15) is 19.8 Å². The average Bonchev–Trinajstić information content (AvgIpc) is 2.58. The molecule has 1 heterocycles. The first-order valence-electron chi connectivity index (χ1n) is 5.42. The summed E-state index contributed by atoms with van der Waals surface area (Å²) in [5.41, 5.74) is 0. The number of hydrogen-bond acceptors (Lipinski definition) is 2. The third-order valence-corrected chi connectivity index (χ3v) is 2.58. The van der Waals surface area contributed by atoms with Gasteiger partial charge in [0.15, 0.2) is 0 Å². The lowest BCUT2D eigenvalue weighted by Gasteiger charge is -2.12. The molecule has 1 fully saturated rings. The van der Waals surface area contributed by atoms with Crippen LogP contribution >= 0.6 is 0 Å². The molecule has 4 nitrogen and oxygen atoms in total. The Balaban J connectivity index is 2.05. The Hall–Kier alpha value is -0.770. The number of amides is 2. The standard InChI is InChI=1S/C10H21N3O/c1-3-5-11-10(14)12-7-9-4-6-13(2)8-9/h9H,3-8H2,1-2H3,(H2,11,12,14). The van der Waals surface area contributed by atoms with E-state index in [1.54, 1.807) is 0 Å². The van der Waals surface area contributed by atoms with Crippen LogP contribution in [0.3, 0.4) is 0 Å². The number of rotatable bonds is 4. The van der Waals surface area contributed by atoms with E-state index >= 15 is 0 Å². The van der Waals surface area contributed by atoms with Gasteiger partial charge in [0.2, 0.25) is 0 Å². The van der Waals surface area contributed by atoms with Gasteiger partial charge in [0.1, 0.15) is 0 Å². The van der Waals surface area contributed by atoms with Crippen molar-refractivity contribution in [1.82, 2.24) is 15.5 Å². The molecule has 14 heavy (non-hydrogen) atoms. The maximum atomic E-state index is 11.2. The van der Waals surface area contributed by atoms with Gasteiger partial charge in [-0.05, 0) is 32.4 Å². The van der Waals surface area contributed by atoms with Crippen LogP contribution < -0.4 is 10.6 Å². The lowest BCUT2D eigenvalue weighted by atomic mass is 10.1. The highest BCUT2D eigenvalue weighted by molar-refractivity contribution is 5.73. The molecule has 0 aromatic carbocycles. The van der Waals surface area contributed by atoms with Gasteiger partial charge >= 0.3 is 6.03 Å². The zero-order valence-corrected chi connectivity index (χ0v) is 9.18. The Kier molecular flexibility index (Phi) is 4.73. The van der Waals surface area contributed by atoms with Crippen molar-refractivity contribution in [3.63, 3.8) is 0 Å². The molecular weight excluding hydrogens is 178 g/mol. The molecule has 0 radical (unpaired) electrons. The number of hydrogen-bond donors (Lipinski definition) is 2. The first-order chi connectivity index (χ1) is 6.72. The number of nitrogens with zero attached hydrogens (tertiary/aromatic N) is 1. The monoisotopic (exact) mass is 199 g/mol. The summed E-state index contributed by atoms with van der Waals surface area (Å²) in [7, 11) is 2.12. The molecule has 0 saturated carbocycles. The summed E-state index contributed by atoms with van der Waals surface area (Å²) in [6.45, 7) is 5.87. The Morgan fingerprint density at radius 2 is 2.29 bits per heavy atom. The van der Waals surface area contributed by atoms with Gasteiger partial charge in [0.25, 0.3) is 0 Å². The van der Waals surface area contributed by atoms with Gasteiger partial charge in [-0.3, -0.25) is 0 Å². The lowest BCUT2D eigenvalue weighted by molar-refractivity contribution is 0.239. The molecule has 1 rings (SSSR count). The van der Waals surface area contributed by atoms with Crippen LogP contribution in [0.15, 0.2) is 0 Å². The Morgan fingerprint density at radius 3 is 2.86 bits per heavy atom. The predicted octanol–water partition coefficient (Wildman–Crippen LogP) is 0.647. The molecule has 1 unspecified atom stereocenters. The summed E-state index contributed by atoms with van der Waals surface area (Å²) in [5, 5.41) is 5.71. The fraction of sp³-hybridized carbons (Fsp3) is 0.900. The van der Waals surface area contributed by atoms with Gasteiger partial charge in [-0.15, -0.1) is 0 Å². The molecule has 2 amide bonds. The van der Waals surface area contributed by atoms with E-state index in [1.807, 2.05) is 6.92 Å². The maximum absolute atomic E-state index is 11.2. The highest BCUT2D eigenvalue weighted by atomic mass is 16.2. The van der Waals surface area contributed by atoms with Gasteiger partial charge < -0.3 is 15.5 Å². The number of likely N-dealkylation sites (tertiary alicyclic amines) is 1. The van der Waals surface area contributed by atoms with Crippen LogP contribution in [0.2, 0.25) is 0 Å². The second kappa shape index (κ2) is 5.86. The zero-order valence-electron chi connectivity index (χ0n) is 9.18. The summed E-state index contributed by atoms with van der Waals surface area (Å²) in [6.07, 6.45) is 2.18. The van der Waals surface area contributed by atoms with Crippen LogP contribution in [0.5, 0.6) is 0 Å². The Morgan fingerprint density at radius 1 is 1.50 bits per heavy atom. The van der Waals surface area contributed by atoms with E-state index in [1.165, 1.54) is 6.42 Å². The Labute approximate surface area is 86.0 Å². The summed E-state index contributed by atoms with van der Waals surface area (Å²) in [4.78, 5) is 13.5. The van der Waals surface area contributed by atoms with E-state index in [2.05, 4.69) is 22.6 Å². The smallest absolute Gasteiger partial charge is 0.314 e. The first-order valence-corrected chi connectivity index (χ1v) is 5.42. The highest BCUT2D eigenvalue weighted by Crippen LogP contribution is 2.12. The quantitative estimate of drug-likeness (QED) is 0.698. The van der Waals surface area contributed by atoms with E-state index in [-0.39, 0.29) is 6.03 Å². The number of urea groups is 1. The van der Waals surface area contributed by atoms with Crippen LogP contribution in [0.4, 0.5) is 4.79 Å². The molecular formula is C10H21N3O. The molecule has 2 N–H and O–H groups in total. The number of carbonyl (C=O) groups is 1. The van der Waals surface area contributed by atoms with E-state index in [0.29, 0.717) is 5.92 Å². The zero-order chi connectivity index (χ0) is 10.4. The SMILES string of the molecule is CCCNC(=O)NCC1CCN(C)C1. The molecule has 82 valence electrons. The minimum absolute atomic E-state index is 0.0265. The van der Waals surface area contributed by atoms with Crippen molar-refractivity contribution in [2.45, 2.75) is 19.8 Å². The van der Waals surface area contributed by atoms with E-state index in [4.69, 9.17) is 0 Å². The third-order valence-electron chi connectivity index (χ3n) is 2.58. The fourth-order valence-corrected chi connectivity index (χ4v) is 1.73. The van der Waals surface area contributed by atoms with Crippen LogP contribution in [0, 0.1) is 5.92 Å². The molecule has 4 heteroatoms. The van der Waals surface area contributed by atoms with Crippen molar-refractivity contribution in [3.05, 3.63) is 0 Å². The summed E-state index contributed by atoms with van der Waals surface area (Å²) in [5.74, 6) is 0.632. The maximum Gasteiger partial charge on any atom is 0.314 e. The number of carbonyl (C=O) groups excluding carboxylic acids is 1. The summed E-state index contributed by atoms with van der Waals surface area (Å²) >= 11 is 0. The van der Waals surface area contributed by atoms with Crippen molar-refractivity contribution < 1.29 is 4.79 Å². The second-order valence-corrected chi connectivity index (χ2v) is 4.05. The molecule has 0 bridgehead atoms. The largest absolute Gasteiger partial charge is 0.338 e. The molecule has 0 aromatic rings. The average molecular weight is 199 g/mol. The van der Waals surface area contributed by atoms with E-state index < -0.39 is 0 Å². The van der Waals surface area contributed by atoms with Crippen LogP contribution in [0.25, 0.3) is 0 Å². The first kappa shape index (κ1) is 11.3. The van der Waals surface area contributed by atoms with Crippen molar-refractivity contribution in [2.24, 2.45) is 5.92 Å². The minimum Gasteiger partial charge on any atom is -0.338 e. The van der Waals surface area contributed by atoms with Crippen molar-refractivity contribution >= 4 is 6.03 Å². The minimum atomic E-state index is -0.0265. The van der Waals surface area contributed by atoms with Gasteiger partial charge in [0.05, 0.1) is 0 Å². The van der Waals surface area contributed by atoms with E-state index in [9.17, 15) is 4.79 Å². The van der Waals surface area contributed by atoms with Gasteiger partial charge in [-0.2, -0.15) is 0 Å². The van der Waals surface area contributed by atoms with Crippen molar-refractivity contribution in [1.29, 1.82) is 0 Å². The summed E-state index contributed by atoms with van der Waals surface area (Å²) < 4.78 is 0. The van der Waals surface area contributed by atoms with Gasteiger partial charge in [0, 0.05) is 19.6 Å².